The first-order valence-corrected chi connectivity index (χ1v) is 8.89. The van der Waals surface area contributed by atoms with Crippen molar-refractivity contribution in [1.82, 2.24) is 4.90 Å². The van der Waals surface area contributed by atoms with E-state index in [2.05, 4.69) is 0 Å². The molecule has 0 aromatic rings. The molecule has 1 heterocycles. The van der Waals surface area contributed by atoms with E-state index in [9.17, 15) is 18.0 Å². The minimum Gasteiger partial charge on any atom is -0.338 e. The Morgan fingerprint density at radius 1 is 1.13 bits per heavy atom. The van der Waals surface area contributed by atoms with Gasteiger partial charge in [-0.1, -0.05) is 25.7 Å². The van der Waals surface area contributed by atoms with Gasteiger partial charge in [-0.3, -0.25) is 4.79 Å². The molecule has 0 radical (unpaired) electrons. The van der Waals surface area contributed by atoms with E-state index in [0.717, 1.165) is 12.8 Å². The molecule has 23 heavy (non-hydrogen) atoms. The summed E-state index contributed by atoms with van der Waals surface area (Å²) >= 11 is 0. The number of nitrogens with two attached hydrogens (primary N) is 1. The molecule has 0 aromatic carbocycles. The van der Waals surface area contributed by atoms with Gasteiger partial charge < -0.3 is 10.6 Å². The van der Waals surface area contributed by atoms with Crippen LogP contribution in [0.25, 0.3) is 0 Å². The van der Waals surface area contributed by atoms with Gasteiger partial charge in [0.25, 0.3) is 0 Å². The van der Waals surface area contributed by atoms with Crippen LogP contribution in [-0.4, -0.2) is 35.6 Å². The zero-order chi connectivity index (χ0) is 16.8. The summed E-state index contributed by atoms with van der Waals surface area (Å²) in [6, 6.07) is -1.45. The zero-order valence-corrected chi connectivity index (χ0v) is 13.7. The summed E-state index contributed by atoms with van der Waals surface area (Å²) in [4.78, 5) is 14.4. The van der Waals surface area contributed by atoms with Crippen molar-refractivity contribution in [2.45, 2.75) is 76.6 Å². The second kappa shape index (κ2) is 5.94. The molecule has 2 saturated carbocycles. The molecule has 3 unspecified atom stereocenters. The number of carbonyl (C=O) groups excluding carboxylic acids is 1. The summed E-state index contributed by atoms with van der Waals surface area (Å²) in [5.41, 5.74) is 3.90. The van der Waals surface area contributed by atoms with Gasteiger partial charge in [0.2, 0.25) is 5.91 Å². The van der Waals surface area contributed by atoms with Crippen molar-refractivity contribution in [3.05, 3.63) is 0 Å². The molecule has 1 aliphatic heterocycles. The van der Waals surface area contributed by atoms with Gasteiger partial charge in [0.15, 0.2) is 0 Å². The Kier molecular flexibility index (Phi) is 4.40. The molecule has 2 aliphatic carbocycles. The van der Waals surface area contributed by atoms with Crippen molar-refractivity contribution in [3.8, 4) is 0 Å². The van der Waals surface area contributed by atoms with E-state index in [1.807, 2.05) is 6.92 Å². The van der Waals surface area contributed by atoms with Gasteiger partial charge in [-0.2, -0.15) is 13.2 Å². The first kappa shape index (κ1) is 17.1. The first-order valence-electron chi connectivity index (χ1n) is 8.89. The molecule has 1 amide bonds. The summed E-state index contributed by atoms with van der Waals surface area (Å²) < 4.78 is 40.3. The zero-order valence-electron chi connectivity index (χ0n) is 13.7. The van der Waals surface area contributed by atoms with Crippen LogP contribution in [0.5, 0.6) is 0 Å². The van der Waals surface area contributed by atoms with Crippen molar-refractivity contribution in [2.24, 2.45) is 23.0 Å². The smallest absolute Gasteiger partial charge is 0.338 e. The highest BCUT2D eigenvalue weighted by Gasteiger charge is 2.64. The Morgan fingerprint density at radius 2 is 1.78 bits per heavy atom. The van der Waals surface area contributed by atoms with Gasteiger partial charge in [0.1, 0.15) is 0 Å². The Labute approximate surface area is 135 Å². The van der Waals surface area contributed by atoms with Crippen molar-refractivity contribution in [3.63, 3.8) is 0 Å². The minimum atomic E-state index is -4.40. The minimum absolute atomic E-state index is 0.00441. The maximum Gasteiger partial charge on any atom is 0.396 e. The molecule has 3 rings (SSSR count). The quantitative estimate of drug-likeness (QED) is 0.860. The van der Waals surface area contributed by atoms with E-state index in [4.69, 9.17) is 5.73 Å². The molecule has 2 N–H and O–H groups in total. The van der Waals surface area contributed by atoms with Crippen LogP contribution in [-0.2, 0) is 4.79 Å². The van der Waals surface area contributed by atoms with Crippen molar-refractivity contribution >= 4 is 5.91 Å². The van der Waals surface area contributed by atoms with Crippen LogP contribution >= 0.6 is 0 Å². The highest BCUT2D eigenvalue weighted by molar-refractivity contribution is 5.83. The van der Waals surface area contributed by atoms with Gasteiger partial charge in [0.05, 0.1) is 11.5 Å². The maximum absolute atomic E-state index is 13.4. The van der Waals surface area contributed by atoms with Gasteiger partial charge in [-0.15, -0.1) is 0 Å². The number of nitrogens with zero attached hydrogens (tertiary/aromatic N) is 1. The van der Waals surface area contributed by atoms with E-state index < -0.39 is 23.5 Å². The molecule has 3 aliphatic rings. The topological polar surface area (TPSA) is 46.3 Å². The Hall–Kier alpha value is -0.780. The lowest BCUT2D eigenvalue weighted by Gasteiger charge is -2.50. The van der Waals surface area contributed by atoms with E-state index in [0.29, 0.717) is 24.8 Å². The number of amides is 1. The average Bonchev–Trinajstić information content (AvgIpc) is 2.34. The second-order valence-corrected chi connectivity index (χ2v) is 7.85. The highest BCUT2D eigenvalue weighted by atomic mass is 19.4. The summed E-state index contributed by atoms with van der Waals surface area (Å²) in [6.07, 6.45) is 1.65. The molecule has 6 heteroatoms. The standard InChI is InChI=1S/C17H27F3N2O/c1-11-6-7-13(12-4-2-5-12)10-22(11)15(23)14(21)16(8-3-9-16)17(18,19)20/h11-14H,2-10,21H2,1H3. The van der Waals surface area contributed by atoms with Crippen LogP contribution < -0.4 is 5.73 Å². The van der Waals surface area contributed by atoms with Gasteiger partial charge in [0, 0.05) is 12.6 Å². The van der Waals surface area contributed by atoms with Crippen molar-refractivity contribution in [1.29, 1.82) is 0 Å². The highest BCUT2D eigenvalue weighted by Crippen LogP contribution is 2.55. The molecular formula is C17H27F3N2O. The van der Waals surface area contributed by atoms with E-state index >= 15 is 0 Å². The summed E-state index contributed by atoms with van der Waals surface area (Å²) in [5, 5.41) is 0. The molecule has 0 bridgehead atoms. The summed E-state index contributed by atoms with van der Waals surface area (Å²) in [6.45, 7) is 2.52. The third-order valence-electron chi connectivity index (χ3n) is 6.69. The number of hydrogen-bond donors (Lipinski definition) is 1. The predicted molar refractivity (Wildman–Crippen MR) is 81.6 cm³/mol. The van der Waals surface area contributed by atoms with Gasteiger partial charge >= 0.3 is 6.18 Å². The Bertz CT molecular complexity index is 457. The van der Waals surface area contributed by atoms with Crippen LogP contribution in [0, 0.1) is 17.3 Å². The average molecular weight is 332 g/mol. The number of likely N-dealkylation sites (tertiary alicyclic amines) is 1. The van der Waals surface area contributed by atoms with E-state index in [1.165, 1.54) is 19.3 Å². The number of carbonyl (C=O) groups is 1. The summed E-state index contributed by atoms with van der Waals surface area (Å²) in [7, 11) is 0. The lowest BCUT2D eigenvalue weighted by atomic mass is 9.63. The second-order valence-electron chi connectivity index (χ2n) is 7.85. The van der Waals surface area contributed by atoms with Crippen LogP contribution in [0.1, 0.15) is 58.3 Å². The molecule has 3 fully saturated rings. The molecule has 0 aromatic heterocycles. The fraction of sp³-hybridized carbons (Fsp3) is 0.941. The predicted octanol–water partition coefficient (Wildman–Crippen LogP) is 3.47. The van der Waals surface area contributed by atoms with Crippen LogP contribution in [0.15, 0.2) is 0 Å². The summed E-state index contributed by atoms with van der Waals surface area (Å²) in [5.74, 6) is 0.604. The number of piperidine rings is 1. The number of alkyl halides is 3. The normalized spacial score (nSPS) is 32.8. The fourth-order valence-electron chi connectivity index (χ4n) is 4.48. The van der Waals surface area contributed by atoms with Crippen LogP contribution in [0.3, 0.4) is 0 Å². The molecular weight excluding hydrogens is 305 g/mol. The fourth-order valence-corrected chi connectivity index (χ4v) is 4.48. The van der Waals surface area contributed by atoms with Crippen LogP contribution in [0.4, 0.5) is 13.2 Å². The SMILES string of the molecule is CC1CCC(C2CCC2)CN1C(=O)C(N)C1(C(F)(F)F)CCC1. The Morgan fingerprint density at radius 3 is 2.22 bits per heavy atom. The monoisotopic (exact) mass is 332 g/mol. The number of hydrogen-bond acceptors (Lipinski definition) is 2. The Balaban J connectivity index is 1.72. The van der Waals surface area contributed by atoms with Crippen LogP contribution in [0.2, 0.25) is 0 Å². The van der Waals surface area contributed by atoms with Crippen molar-refractivity contribution in [2.75, 3.05) is 6.54 Å². The maximum atomic E-state index is 13.4. The van der Waals surface area contributed by atoms with Crippen molar-refractivity contribution < 1.29 is 18.0 Å². The van der Waals surface area contributed by atoms with E-state index in [1.54, 1.807) is 4.90 Å². The third kappa shape index (κ3) is 2.77. The molecule has 3 nitrogen and oxygen atoms in total. The lowest BCUT2D eigenvalue weighted by molar-refractivity contribution is -0.258. The molecule has 3 atom stereocenters. The number of rotatable bonds is 3. The molecule has 0 spiro atoms. The largest absolute Gasteiger partial charge is 0.396 e. The molecule has 132 valence electrons. The van der Waals surface area contributed by atoms with Gasteiger partial charge in [-0.05, 0) is 44.4 Å². The van der Waals surface area contributed by atoms with E-state index in [-0.39, 0.29) is 18.9 Å². The molecule has 1 saturated heterocycles. The third-order valence-corrected chi connectivity index (χ3v) is 6.69. The number of halogens is 3. The first-order chi connectivity index (χ1) is 10.8. The van der Waals surface area contributed by atoms with Gasteiger partial charge in [-0.25, -0.2) is 0 Å². The lowest BCUT2D eigenvalue weighted by Crippen LogP contribution is -2.64.